The molecule has 1 aromatic carbocycles. The third kappa shape index (κ3) is 5.15. The highest BCUT2D eigenvalue weighted by atomic mass is 16.2. The van der Waals surface area contributed by atoms with Gasteiger partial charge in [-0.25, -0.2) is 0 Å². The number of hydrogen-bond donors (Lipinski definition) is 0. The fourth-order valence-corrected chi connectivity index (χ4v) is 2.85. The Kier molecular flexibility index (Phi) is 7.33. The predicted octanol–water partition coefficient (Wildman–Crippen LogP) is 3.62. The number of carbonyl (C=O) groups is 2. The third-order valence-electron chi connectivity index (χ3n) is 4.11. The van der Waals surface area contributed by atoms with Crippen molar-refractivity contribution in [3.63, 3.8) is 0 Å². The number of rotatable bonds is 8. The van der Waals surface area contributed by atoms with Crippen molar-refractivity contribution in [2.24, 2.45) is 0 Å². The fourth-order valence-electron chi connectivity index (χ4n) is 2.85. The van der Waals surface area contributed by atoms with Crippen molar-refractivity contribution in [2.75, 3.05) is 20.1 Å². The van der Waals surface area contributed by atoms with E-state index >= 15 is 0 Å². The Hall–Kier alpha value is -2.69. The Morgan fingerprint density at radius 1 is 0.962 bits per heavy atom. The van der Waals surface area contributed by atoms with Crippen LogP contribution in [0.1, 0.15) is 53.1 Å². The lowest BCUT2D eigenvalue weighted by molar-refractivity contribution is 0.0749. The summed E-state index contributed by atoms with van der Waals surface area (Å²) >= 11 is 0. The molecular weight excluding hydrogens is 326 g/mol. The molecule has 5 nitrogen and oxygen atoms in total. The zero-order valence-electron chi connectivity index (χ0n) is 15.8. The number of carbonyl (C=O) groups excluding carboxylic acids is 2. The number of amides is 2. The van der Waals surface area contributed by atoms with Crippen molar-refractivity contribution in [3.05, 3.63) is 65.5 Å². The lowest BCUT2D eigenvalue weighted by Gasteiger charge is -2.21. The Balaban J connectivity index is 2.14. The lowest BCUT2D eigenvalue weighted by Crippen LogP contribution is -2.33. The van der Waals surface area contributed by atoms with Crippen LogP contribution in [0.5, 0.6) is 0 Å². The van der Waals surface area contributed by atoms with Crippen LogP contribution in [-0.2, 0) is 6.54 Å². The maximum atomic E-state index is 12.7. The first-order valence-electron chi connectivity index (χ1n) is 9.11. The molecule has 138 valence electrons. The smallest absolute Gasteiger partial charge is 0.272 e. The Labute approximate surface area is 155 Å². The minimum Gasteiger partial charge on any atom is -0.337 e. The van der Waals surface area contributed by atoms with Crippen LogP contribution in [0.2, 0.25) is 0 Å². The van der Waals surface area contributed by atoms with Crippen LogP contribution >= 0.6 is 0 Å². The van der Waals surface area contributed by atoms with Crippen LogP contribution in [0.3, 0.4) is 0 Å². The molecule has 0 aliphatic heterocycles. The second-order valence-corrected chi connectivity index (χ2v) is 6.37. The van der Waals surface area contributed by atoms with Gasteiger partial charge in [0.15, 0.2) is 0 Å². The van der Waals surface area contributed by atoms with Crippen LogP contribution in [0.25, 0.3) is 0 Å². The molecule has 0 aliphatic carbocycles. The maximum Gasteiger partial charge on any atom is 0.272 e. The Morgan fingerprint density at radius 2 is 1.62 bits per heavy atom. The quantitative estimate of drug-likeness (QED) is 0.728. The molecule has 1 heterocycles. The number of nitrogens with zero attached hydrogens (tertiary/aromatic N) is 3. The molecule has 26 heavy (non-hydrogen) atoms. The SMILES string of the molecule is CCCN(CCC)C(=O)c1cc(C(=O)N(C)Cc2ccccc2)ccn1. The molecule has 0 fully saturated rings. The standard InChI is InChI=1S/C21H27N3O2/c1-4-13-24(14-5-2)21(26)19-15-18(11-12-22-19)20(25)23(3)16-17-9-7-6-8-10-17/h6-12,15H,4-5,13-14,16H2,1-3H3. The molecule has 2 rings (SSSR count). The first-order valence-corrected chi connectivity index (χ1v) is 9.11. The molecule has 2 aromatic rings. The highest BCUT2D eigenvalue weighted by Gasteiger charge is 2.19. The van der Waals surface area contributed by atoms with Crippen molar-refractivity contribution in [1.82, 2.24) is 14.8 Å². The van der Waals surface area contributed by atoms with Crippen molar-refractivity contribution < 1.29 is 9.59 Å². The van der Waals surface area contributed by atoms with E-state index in [1.165, 1.54) is 6.20 Å². The first kappa shape index (κ1) is 19.6. The van der Waals surface area contributed by atoms with Gasteiger partial charge < -0.3 is 9.80 Å². The van der Waals surface area contributed by atoms with Gasteiger partial charge >= 0.3 is 0 Å². The normalized spacial score (nSPS) is 10.4. The maximum absolute atomic E-state index is 12.7. The summed E-state index contributed by atoms with van der Waals surface area (Å²) in [5.74, 6) is -0.239. The summed E-state index contributed by atoms with van der Waals surface area (Å²) in [4.78, 5) is 33.0. The van der Waals surface area contributed by atoms with Crippen molar-refractivity contribution in [1.29, 1.82) is 0 Å². The Bertz CT molecular complexity index is 725. The predicted molar refractivity (Wildman–Crippen MR) is 103 cm³/mol. The molecule has 0 saturated heterocycles. The van der Waals surface area contributed by atoms with Gasteiger partial charge in [0.2, 0.25) is 0 Å². The molecule has 0 bridgehead atoms. The highest BCUT2D eigenvalue weighted by Crippen LogP contribution is 2.11. The molecule has 0 spiro atoms. The van der Waals surface area contributed by atoms with Crippen molar-refractivity contribution in [2.45, 2.75) is 33.2 Å². The molecule has 0 atom stereocenters. The average molecular weight is 353 g/mol. The van der Waals surface area contributed by atoms with Gasteiger partial charge in [0.25, 0.3) is 11.8 Å². The summed E-state index contributed by atoms with van der Waals surface area (Å²) in [5, 5.41) is 0. The first-order chi connectivity index (χ1) is 12.6. The van der Waals surface area contributed by atoms with Gasteiger partial charge in [0, 0.05) is 38.4 Å². The van der Waals surface area contributed by atoms with Gasteiger partial charge in [-0.1, -0.05) is 44.2 Å². The fraction of sp³-hybridized carbons (Fsp3) is 0.381. The van der Waals surface area contributed by atoms with E-state index in [9.17, 15) is 9.59 Å². The number of benzene rings is 1. The zero-order chi connectivity index (χ0) is 18.9. The monoisotopic (exact) mass is 353 g/mol. The van der Waals surface area contributed by atoms with Crippen LogP contribution in [-0.4, -0.2) is 46.7 Å². The lowest BCUT2D eigenvalue weighted by atomic mass is 10.1. The Morgan fingerprint density at radius 3 is 2.23 bits per heavy atom. The van der Waals surface area contributed by atoms with E-state index in [4.69, 9.17) is 0 Å². The minimum atomic E-state index is -0.122. The van der Waals surface area contributed by atoms with E-state index in [0.29, 0.717) is 30.9 Å². The summed E-state index contributed by atoms with van der Waals surface area (Å²) in [7, 11) is 1.76. The number of aromatic nitrogens is 1. The topological polar surface area (TPSA) is 53.5 Å². The van der Waals surface area contributed by atoms with E-state index in [1.54, 1.807) is 29.0 Å². The van der Waals surface area contributed by atoms with Gasteiger partial charge in [-0.05, 0) is 30.5 Å². The van der Waals surface area contributed by atoms with Gasteiger partial charge in [0.1, 0.15) is 5.69 Å². The van der Waals surface area contributed by atoms with E-state index < -0.39 is 0 Å². The molecule has 0 radical (unpaired) electrons. The van der Waals surface area contributed by atoms with E-state index in [-0.39, 0.29) is 11.8 Å². The van der Waals surface area contributed by atoms with E-state index in [0.717, 1.165) is 18.4 Å². The van der Waals surface area contributed by atoms with Crippen LogP contribution < -0.4 is 0 Å². The van der Waals surface area contributed by atoms with E-state index in [2.05, 4.69) is 4.98 Å². The summed E-state index contributed by atoms with van der Waals surface area (Å²) in [6, 6.07) is 13.1. The molecule has 0 aliphatic rings. The van der Waals surface area contributed by atoms with Crippen LogP contribution in [0, 0.1) is 0 Å². The molecule has 0 saturated carbocycles. The summed E-state index contributed by atoms with van der Waals surface area (Å²) in [6.45, 7) is 5.99. The summed E-state index contributed by atoms with van der Waals surface area (Å²) in [5.41, 5.74) is 1.87. The molecule has 2 amide bonds. The second-order valence-electron chi connectivity index (χ2n) is 6.37. The van der Waals surface area contributed by atoms with Gasteiger partial charge in [-0.2, -0.15) is 0 Å². The highest BCUT2D eigenvalue weighted by molar-refractivity contribution is 5.98. The third-order valence-corrected chi connectivity index (χ3v) is 4.11. The van der Waals surface area contributed by atoms with Gasteiger partial charge in [-0.3, -0.25) is 14.6 Å². The van der Waals surface area contributed by atoms with Crippen LogP contribution in [0.15, 0.2) is 48.7 Å². The second kappa shape index (κ2) is 9.70. The molecule has 0 unspecified atom stereocenters. The molecular formula is C21H27N3O2. The summed E-state index contributed by atoms with van der Waals surface area (Å²) < 4.78 is 0. The average Bonchev–Trinajstić information content (AvgIpc) is 2.67. The zero-order valence-corrected chi connectivity index (χ0v) is 15.8. The van der Waals surface area contributed by atoms with Gasteiger partial charge in [-0.15, -0.1) is 0 Å². The molecule has 5 heteroatoms. The van der Waals surface area contributed by atoms with Crippen molar-refractivity contribution >= 4 is 11.8 Å². The van der Waals surface area contributed by atoms with Crippen LogP contribution in [0.4, 0.5) is 0 Å². The van der Waals surface area contributed by atoms with Crippen molar-refractivity contribution in [3.8, 4) is 0 Å². The number of pyridine rings is 1. The minimum absolute atomic E-state index is 0.117. The number of hydrogen-bond acceptors (Lipinski definition) is 3. The molecule has 0 N–H and O–H groups in total. The van der Waals surface area contributed by atoms with E-state index in [1.807, 2.05) is 44.2 Å². The molecule has 1 aromatic heterocycles. The largest absolute Gasteiger partial charge is 0.337 e. The summed E-state index contributed by atoms with van der Waals surface area (Å²) in [6.07, 6.45) is 3.32. The van der Waals surface area contributed by atoms with Gasteiger partial charge in [0.05, 0.1) is 0 Å².